The van der Waals surface area contributed by atoms with Crippen LogP contribution in [-0.4, -0.2) is 0 Å². The van der Waals surface area contributed by atoms with Crippen molar-refractivity contribution in [2.45, 2.75) is 18.8 Å². The average molecular weight is 218 g/mol. The summed E-state index contributed by atoms with van der Waals surface area (Å²) in [4.78, 5) is 0. The van der Waals surface area contributed by atoms with E-state index in [1.54, 1.807) is 11.1 Å². The third-order valence-electron chi connectivity index (χ3n) is 4.10. The van der Waals surface area contributed by atoms with E-state index in [2.05, 4.69) is 54.6 Å². The first-order chi connectivity index (χ1) is 8.45. The first-order valence-corrected chi connectivity index (χ1v) is 6.33. The quantitative estimate of drug-likeness (QED) is 0.606. The third-order valence-corrected chi connectivity index (χ3v) is 4.10. The molecule has 0 saturated heterocycles. The molecular formula is C17H14. The molecule has 1 atom stereocenters. The molecule has 82 valence electrons. The van der Waals surface area contributed by atoms with Crippen LogP contribution in [-0.2, 0) is 0 Å². The van der Waals surface area contributed by atoms with Crippen molar-refractivity contribution in [2.75, 3.05) is 0 Å². The SMILES string of the molecule is C1=CC=C2C3=C(C=C1)CCC3c1ccccc12. The molecule has 0 aliphatic heterocycles. The van der Waals surface area contributed by atoms with Crippen LogP contribution in [0, 0.1) is 0 Å². The molecule has 0 saturated carbocycles. The molecule has 4 rings (SSSR count). The van der Waals surface area contributed by atoms with Crippen LogP contribution < -0.4 is 0 Å². The van der Waals surface area contributed by atoms with Gasteiger partial charge in [0, 0.05) is 5.92 Å². The van der Waals surface area contributed by atoms with Gasteiger partial charge in [-0.05, 0) is 40.7 Å². The number of rotatable bonds is 0. The Balaban J connectivity index is 2.04. The Bertz CT molecular complexity index is 609. The van der Waals surface area contributed by atoms with Gasteiger partial charge in [-0.1, -0.05) is 54.6 Å². The zero-order valence-corrected chi connectivity index (χ0v) is 9.69. The Labute approximate surface area is 102 Å². The maximum Gasteiger partial charge on any atom is 0.0107 e. The van der Waals surface area contributed by atoms with Crippen LogP contribution in [0.2, 0.25) is 0 Å². The van der Waals surface area contributed by atoms with Crippen LogP contribution in [0.15, 0.2) is 65.8 Å². The van der Waals surface area contributed by atoms with Gasteiger partial charge < -0.3 is 0 Å². The molecule has 17 heavy (non-hydrogen) atoms. The maximum absolute atomic E-state index is 2.30. The first-order valence-electron chi connectivity index (χ1n) is 6.33. The highest BCUT2D eigenvalue weighted by Crippen LogP contribution is 2.54. The molecule has 0 aromatic heterocycles. The van der Waals surface area contributed by atoms with Crippen LogP contribution in [0.25, 0.3) is 5.57 Å². The van der Waals surface area contributed by atoms with Crippen LogP contribution >= 0.6 is 0 Å². The highest BCUT2D eigenvalue weighted by atomic mass is 14.4. The highest BCUT2D eigenvalue weighted by Gasteiger charge is 2.36. The van der Waals surface area contributed by atoms with Crippen LogP contribution in [0.4, 0.5) is 0 Å². The Morgan fingerprint density at radius 1 is 1.00 bits per heavy atom. The second-order valence-electron chi connectivity index (χ2n) is 4.94. The van der Waals surface area contributed by atoms with Gasteiger partial charge in [0.25, 0.3) is 0 Å². The third kappa shape index (κ3) is 1.18. The minimum absolute atomic E-state index is 0.656. The number of benzene rings is 1. The first kappa shape index (κ1) is 9.23. The van der Waals surface area contributed by atoms with Crippen molar-refractivity contribution in [1.29, 1.82) is 0 Å². The Hall–Kier alpha value is -1.82. The molecule has 1 unspecified atom stereocenters. The molecule has 0 spiro atoms. The summed E-state index contributed by atoms with van der Waals surface area (Å²) in [6, 6.07) is 8.89. The lowest BCUT2D eigenvalue weighted by atomic mass is 9.98. The molecule has 3 aliphatic rings. The van der Waals surface area contributed by atoms with Gasteiger partial charge in [-0.15, -0.1) is 0 Å². The van der Waals surface area contributed by atoms with Crippen molar-refractivity contribution in [3.63, 3.8) is 0 Å². The zero-order valence-electron chi connectivity index (χ0n) is 9.69. The fourth-order valence-corrected chi connectivity index (χ4v) is 3.41. The van der Waals surface area contributed by atoms with E-state index >= 15 is 0 Å². The number of hydrogen-bond acceptors (Lipinski definition) is 0. The van der Waals surface area contributed by atoms with E-state index in [1.807, 2.05) is 0 Å². The van der Waals surface area contributed by atoms with Gasteiger partial charge in [-0.25, -0.2) is 0 Å². The summed E-state index contributed by atoms with van der Waals surface area (Å²) in [6.07, 6.45) is 13.5. The minimum Gasteiger partial charge on any atom is -0.0622 e. The maximum atomic E-state index is 2.30. The van der Waals surface area contributed by atoms with Crippen LogP contribution in [0.3, 0.4) is 0 Å². The number of allylic oxidation sites excluding steroid dienone is 8. The van der Waals surface area contributed by atoms with Gasteiger partial charge in [0.15, 0.2) is 0 Å². The second-order valence-corrected chi connectivity index (χ2v) is 4.94. The molecule has 0 N–H and O–H groups in total. The molecule has 1 aromatic carbocycles. The van der Waals surface area contributed by atoms with E-state index in [1.165, 1.54) is 29.5 Å². The topological polar surface area (TPSA) is 0 Å². The molecule has 3 aliphatic carbocycles. The van der Waals surface area contributed by atoms with Crippen LogP contribution in [0.1, 0.15) is 29.9 Å². The van der Waals surface area contributed by atoms with Gasteiger partial charge in [-0.3, -0.25) is 0 Å². The monoisotopic (exact) mass is 218 g/mol. The Morgan fingerprint density at radius 2 is 1.94 bits per heavy atom. The average Bonchev–Trinajstić information content (AvgIpc) is 2.84. The number of hydrogen-bond donors (Lipinski definition) is 0. The van der Waals surface area contributed by atoms with Gasteiger partial charge >= 0.3 is 0 Å². The summed E-state index contributed by atoms with van der Waals surface area (Å²) in [5.74, 6) is 0.656. The largest absolute Gasteiger partial charge is 0.0622 e. The summed E-state index contributed by atoms with van der Waals surface area (Å²) in [7, 11) is 0. The van der Waals surface area contributed by atoms with Crippen LogP contribution in [0.5, 0.6) is 0 Å². The fourth-order valence-electron chi connectivity index (χ4n) is 3.41. The predicted molar refractivity (Wildman–Crippen MR) is 71.7 cm³/mol. The van der Waals surface area contributed by atoms with E-state index in [4.69, 9.17) is 0 Å². The number of fused-ring (bicyclic) bond motifs is 3. The Kier molecular flexibility index (Phi) is 1.81. The molecule has 0 bridgehead atoms. The van der Waals surface area contributed by atoms with Gasteiger partial charge in [-0.2, -0.15) is 0 Å². The summed E-state index contributed by atoms with van der Waals surface area (Å²) < 4.78 is 0. The molecule has 0 heterocycles. The molecular weight excluding hydrogens is 204 g/mol. The Morgan fingerprint density at radius 3 is 2.94 bits per heavy atom. The van der Waals surface area contributed by atoms with Crippen molar-refractivity contribution in [2.24, 2.45) is 0 Å². The molecule has 0 heteroatoms. The van der Waals surface area contributed by atoms with E-state index in [0.29, 0.717) is 5.92 Å². The zero-order chi connectivity index (χ0) is 11.2. The summed E-state index contributed by atoms with van der Waals surface area (Å²) in [6.45, 7) is 0. The van der Waals surface area contributed by atoms with Gasteiger partial charge in [0.2, 0.25) is 0 Å². The summed E-state index contributed by atoms with van der Waals surface area (Å²) in [5, 5.41) is 0. The van der Waals surface area contributed by atoms with Crippen molar-refractivity contribution in [3.8, 4) is 0 Å². The fraction of sp³-hybridized carbons (Fsp3) is 0.176. The smallest absolute Gasteiger partial charge is 0.0107 e. The summed E-state index contributed by atoms with van der Waals surface area (Å²) >= 11 is 0. The van der Waals surface area contributed by atoms with E-state index in [-0.39, 0.29) is 0 Å². The lowest BCUT2D eigenvalue weighted by Gasteiger charge is -2.06. The predicted octanol–water partition coefficient (Wildman–Crippen LogP) is 4.38. The van der Waals surface area contributed by atoms with Crippen molar-refractivity contribution in [3.05, 3.63) is 76.9 Å². The standard InChI is InChI=1S/C17H14/c1-2-6-12-10-11-16-14-8-5-4-7-13(14)15(9-3-1)17(12)16/h1-9,16H,10-11H2. The van der Waals surface area contributed by atoms with Crippen molar-refractivity contribution in [1.82, 2.24) is 0 Å². The van der Waals surface area contributed by atoms with Crippen molar-refractivity contribution >= 4 is 5.57 Å². The summed E-state index contributed by atoms with van der Waals surface area (Å²) in [5.41, 5.74) is 7.57. The van der Waals surface area contributed by atoms with E-state index in [0.717, 1.165) is 0 Å². The highest BCUT2D eigenvalue weighted by molar-refractivity contribution is 5.91. The normalized spacial score (nSPS) is 24.2. The van der Waals surface area contributed by atoms with E-state index < -0.39 is 0 Å². The molecule has 1 aromatic rings. The molecule has 0 amide bonds. The lowest BCUT2D eigenvalue weighted by Crippen LogP contribution is -1.89. The van der Waals surface area contributed by atoms with E-state index in [9.17, 15) is 0 Å². The minimum atomic E-state index is 0.656. The molecule has 0 fully saturated rings. The molecule has 0 nitrogen and oxygen atoms in total. The van der Waals surface area contributed by atoms with Gasteiger partial charge in [0.1, 0.15) is 0 Å². The van der Waals surface area contributed by atoms with Crippen molar-refractivity contribution < 1.29 is 0 Å². The lowest BCUT2D eigenvalue weighted by molar-refractivity contribution is 0.794. The second kappa shape index (κ2) is 3.33. The van der Waals surface area contributed by atoms with Gasteiger partial charge in [0.05, 0.1) is 0 Å². The molecule has 0 radical (unpaired) electrons.